The lowest BCUT2D eigenvalue weighted by Gasteiger charge is -2.07. The Morgan fingerprint density at radius 1 is 0.815 bits per heavy atom. The lowest BCUT2D eigenvalue weighted by atomic mass is 10.0. The zero-order valence-electron chi connectivity index (χ0n) is 15.7. The first-order chi connectivity index (χ1) is 13.2. The average Bonchev–Trinajstić information content (AvgIpc) is 3.01. The lowest BCUT2D eigenvalue weighted by Crippen LogP contribution is -1.86. The first-order valence-electron chi connectivity index (χ1n) is 9.11. The number of aryl methyl sites for hydroxylation is 2. The third kappa shape index (κ3) is 2.37. The van der Waals surface area contributed by atoms with Gasteiger partial charge in [-0.1, -0.05) is 43.9 Å². The number of aromatic nitrogens is 1. The fraction of sp³-hybridized carbons (Fsp3) is 0.125. The minimum absolute atomic E-state index is 0.578. The van der Waals surface area contributed by atoms with E-state index in [1.807, 2.05) is 12.3 Å². The molecule has 1 unspecified atom stereocenters. The van der Waals surface area contributed by atoms with E-state index in [-0.39, 0.29) is 0 Å². The molecule has 0 radical (unpaired) electrons. The van der Waals surface area contributed by atoms with Crippen molar-refractivity contribution < 1.29 is 4.74 Å². The second-order valence-electron chi connectivity index (χ2n) is 7.00. The molecule has 3 aromatic carbocycles. The Bertz CT molecular complexity index is 1320. The van der Waals surface area contributed by atoms with Gasteiger partial charge in [-0.2, -0.15) is 0 Å². The van der Waals surface area contributed by atoms with Crippen LogP contribution in [0.4, 0.5) is 0 Å². The van der Waals surface area contributed by atoms with Crippen LogP contribution in [-0.2, 0) is 0 Å². The van der Waals surface area contributed by atoms with Gasteiger partial charge in [-0.05, 0) is 59.9 Å². The van der Waals surface area contributed by atoms with E-state index in [2.05, 4.69) is 73.4 Å². The van der Waals surface area contributed by atoms with E-state index in [1.54, 1.807) is 7.11 Å². The SMILES string of the molecule is COc1cc2c3c4cccnc4c(C)cc3p(-c3ccccc3)c2cc1C. The zero-order valence-corrected chi connectivity index (χ0v) is 16.5. The monoisotopic (exact) mass is 369 g/mol. The van der Waals surface area contributed by atoms with Crippen molar-refractivity contribution in [3.05, 3.63) is 78.0 Å². The molecule has 5 rings (SSSR count). The van der Waals surface area contributed by atoms with Crippen LogP contribution in [0.15, 0.2) is 66.9 Å². The number of nitrogens with zero attached hydrogens (tertiary/aromatic N) is 1. The molecule has 0 aliphatic rings. The highest BCUT2D eigenvalue weighted by Crippen LogP contribution is 2.57. The number of hydrogen-bond donors (Lipinski definition) is 0. The molecular weight excluding hydrogens is 349 g/mol. The van der Waals surface area contributed by atoms with E-state index in [0.29, 0.717) is 0 Å². The Kier molecular flexibility index (Phi) is 3.70. The molecule has 2 nitrogen and oxygen atoms in total. The molecule has 3 heteroatoms. The Morgan fingerprint density at radius 2 is 1.59 bits per heavy atom. The van der Waals surface area contributed by atoms with Crippen molar-refractivity contribution in [3.8, 4) is 11.1 Å². The minimum atomic E-state index is -0.578. The normalized spacial score (nSPS) is 12.2. The maximum atomic E-state index is 5.65. The smallest absolute Gasteiger partial charge is 0.122 e. The molecule has 1 atom stereocenters. The molecule has 0 N–H and O–H groups in total. The van der Waals surface area contributed by atoms with Crippen molar-refractivity contribution in [1.29, 1.82) is 0 Å². The van der Waals surface area contributed by atoms with Gasteiger partial charge in [-0.3, -0.25) is 4.98 Å². The summed E-state index contributed by atoms with van der Waals surface area (Å²) in [5.41, 5.74) is 3.52. The molecule has 0 spiro atoms. The summed E-state index contributed by atoms with van der Waals surface area (Å²) in [7, 11) is 1.17. The topological polar surface area (TPSA) is 22.1 Å². The maximum Gasteiger partial charge on any atom is 0.122 e. The zero-order chi connectivity index (χ0) is 18.5. The summed E-state index contributed by atoms with van der Waals surface area (Å²) in [6.07, 6.45) is 1.88. The van der Waals surface area contributed by atoms with Gasteiger partial charge in [0.25, 0.3) is 0 Å². The predicted octanol–water partition coefficient (Wildman–Crippen LogP) is 7.14. The van der Waals surface area contributed by atoms with E-state index in [0.717, 1.165) is 11.3 Å². The fourth-order valence-electron chi connectivity index (χ4n) is 4.13. The van der Waals surface area contributed by atoms with Crippen LogP contribution in [0, 0.1) is 13.8 Å². The summed E-state index contributed by atoms with van der Waals surface area (Å²) < 4.78 is 5.65. The van der Waals surface area contributed by atoms with E-state index >= 15 is 0 Å². The van der Waals surface area contributed by atoms with Gasteiger partial charge in [0.2, 0.25) is 0 Å². The van der Waals surface area contributed by atoms with E-state index in [9.17, 15) is 0 Å². The van der Waals surface area contributed by atoms with Crippen LogP contribution >= 0.6 is 7.53 Å². The second-order valence-corrected chi connectivity index (χ2v) is 9.15. The Labute approximate surface area is 159 Å². The lowest BCUT2D eigenvalue weighted by molar-refractivity contribution is 0.412. The summed E-state index contributed by atoms with van der Waals surface area (Å²) in [6, 6.07) is 22.0. The van der Waals surface area contributed by atoms with E-state index in [4.69, 9.17) is 4.74 Å². The van der Waals surface area contributed by atoms with Gasteiger partial charge in [-0.25, -0.2) is 0 Å². The molecule has 0 amide bonds. The van der Waals surface area contributed by atoms with Gasteiger partial charge in [0.1, 0.15) is 5.75 Å². The highest BCUT2D eigenvalue weighted by atomic mass is 31.1. The molecule has 2 heterocycles. The minimum Gasteiger partial charge on any atom is -0.496 e. The number of methoxy groups -OCH3 is 1. The highest BCUT2D eigenvalue weighted by molar-refractivity contribution is 7.68. The van der Waals surface area contributed by atoms with Crippen molar-refractivity contribution in [2.24, 2.45) is 0 Å². The fourth-order valence-corrected chi connectivity index (χ4v) is 6.94. The number of pyridine rings is 1. The second kappa shape index (κ2) is 6.11. The predicted molar refractivity (Wildman–Crippen MR) is 117 cm³/mol. The van der Waals surface area contributed by atoms with Crippen LogP contribution in [0.25, 0.3) is 37.2 Å². The molecule has 0 aliphatic heterocycles. The maximum absolute atomic E-state index is 5.65. The summed E-state index contributed by atoms with van der Waals surface area (Å²) in [4.78, 5) is 4.67. The van der Waals surface area contributed by atoms with Gasteiger partial charge >= 0.3 is 0 Å². The number of rotatable bonds is 2. The van der Waals surface area contributed by atoms with Crippen molar-refractivity contribution in [3.63, 3.8) is 0 Å². The highest BCUT2D eigenvalue weighted by Gasteiger charge is 2.18. The van der Waals surface area contributed by atoms with E-state index in [1.165, 1.54) is 42.8 Å². The van der Waals surface area contributed by atoms with Crippen LogP contribution in [-0.4, -0.2) is 12.1 Å². The van der Waals surface area contributed by atoms with Crippen LogP contribution in [0.3, 0.4) is 0 Å². The first-order valence-corrected chi connectivity index (χ1v) is 10.5. The van der Waals surface area contributed by atoms with Gasteiger partial charge in [0, 0.05) is 27.2 Å². The summed E-state index contributed by atoms with van der Waals surface area (Å²) in [5.74, 6) is 0.947. The molecule has 0 saturated carbocycles. The van der Waals surface area contributed by atoms with Crippen LogP contribution in [0.5, 0.6) is 5.75 Å². The van der Waals surface area contributed by atoms with Gasteiger partial charge in [-0.15, -0.1) is 0 Å². The van der Waals surface area contributed by atoms with E-state index < -0.39 is 7.53 Å². The van der Waals surface area contributed by atoms with Gasteiger partial charge in [0.15, 0.2) is 0 Å². The Morgan fingerprint density at radius 3 is 2.37 bits per heavy atom. The molecule has 2 aromatic heterocycles. The summed E-state index contributed by atoms with van der Waals surface area (Å²) in [6.45, 7) is 4.30. The van der Waals surface area contributed by atoms with Crippen LogP contribution < -0.4 is 4.74 Å². The Balaban J connectivity index is 2.08. The number of hydrogen-bond acceptors (Lipinski definition) is 2. The largest absolute Gasteiger partial charge is 0.496 e. The Hall–Kier alpha value is -2.83. The summed E-state index contributed by atoms with van der Waals surface area (Å²) in [5, 5.41) is 8.09. The summed E-state index contributed by atoms with van der Waals surface area (Å²) >= 11 is 0. The van der Waals surface area contributed by atoms with Gasteiger partial charge in [0.05, 0.1) is 12.6 Å². The van der Waals surface area contributed by atoms with Crippen molar-refractivity contribution in [2.45, 2.75) is 13.8 Å². The molecule has 0 bridgehead atoms. The van der Waals surface area contributed by atoms with Crippen molar-refractivity contribution in [1.82, 2.24) is 4.98 Å². The molecule has 0 aliphatic carbocycles. The first kappa shape index (κ1) is 16.4. The molecular formula is C24H20NOP. The molecule has 27 heavy (non-hydrogen) atoms. The standard InChI is InChI=1S/C24H20NOP/c1-15-12-21-19(14-20(15)26-3)23-18-10-7-11-25-24(18)16(2)13-22(23)27(21)17-8-5-4-6-9-17/h4-14H,1-3H3. The average molecular weight is 369 g/mol. The molecule has 0 saturated heterocycles. The van der Waals surface area contributed by atoms with Crippen molar-refractivity contribution >= 4 is 39.4 Å². The third-order valence-corrected chi connectivity index (χ3v) is 7.84. The van der Waals surface area contributed by atoms with Crippen molar-refractivity contribution in [2.75, 3.05) is 7.11 Å². The number of benzene rings is 3. The third-order valence-electron chi connectivity index (χ3n) is 5.34. The molecule has 132 valence electrons. The van der Waals surface area contributed by atoms with Crippen LogP contribution in [0.2, 0.25) is 0 Å². The quantitative estimate of drug-likeness (QED) is 0.330. The number of ether oxygens (including phenoxy) is 1. The van der Waals surface area contributed by atoms with Crippen LogP contribution in [0.1, 0.15) is 11.1 Å². The number of fused-ring (bicyclic) bond motifs is 5. The molecule has 0 fully saturated rings. The molecule has 5 aromatic rings. The van der Waals surface area contributed by atoms with Gasteiger partial charge < -0.3 is 4.74 Å².